The van der Waals surface area contributed by atoms with Gasteiger partial charge in [-0.2, -0.15) is 0 Å². The molecule has 1 amide bonds. The van der Waals surface area contributed by atoms with Crippen LogP contribution in [-0.2, 0) is 23.0 Å². The average Bonchev–Trinajstić information content (AvgIpc) is 3.40. The van der Waals surface area contributed by atoms with Gasteiger partial charge in [-0.3, -0.25) is 18.5 Å². The molecule has 1 atom stereocenters. The molecule has 0 aliphatic heterocycles. The Balaban J connectivity index is 1.51. The summed E-state index contributed by atoms with van der Waals surface area (Å²) in [5.41, 5.74) is 3.77. The first-order chi connectivity index (χ1) is 21.0. The SMILES string of the molecule is CNC(=O)c1c(-c2ccc(F)cc2)oc2cc(N(C)S(C)(=O)=O)c(C3C=Cc4ncn(Cc5ccccc5)c(=O)c4C3)cc12. The van der Waals surface area contributed by atoms with Crippen LogP contribution < -0.4 is 15.2 Å². The van der Waals surface area contributed by atoms with Crippen molar-refractivity contribution in [2.75, 3.05) is 24.7 Å². The maximum atomic E-state index is 13.7. The highest BCUT2D eigenvalue weighted by Crippen LogP contribution is 2.42. The van der Waals surface area contributed by atoms with Crippen molar-refractivity contribution in [2.24, 2.45) is 0 Å². The summed E-state index contributed by atoms with van der Waals surface area (Å²) in [6, 6.07) is 18.5. The van der Waals surface area contributed by atoms with E-state index in [1.54, 1.807) is 22.8 Å². The van der Waals surface area contributed by atoms with Crippen molar-refractivity contribution in [2.45, 2.75) is 18.9 Å². The fourth-order valence-electron chi connectivity index (χ4n) is 5.53. The molecule has 44 heavy (non-hydrogen) atoms. The Morgan fingerprint density at radius 3 is 2.55 bits per heavy atom. The number of amides is 1. The Bertz CT molecular complexity index is 2100. The van der Waals surface area contributed by atoms with Crippen molar-refractivity contribution in [3.8, 4) is 11.3 Å². The monoisotopic (exact) mass is 612 g/mol. The second-order valence-corrected chi connectivity index (χ2v) is 12.7. The van der Waals surface area contributed by atoms with Crippen molar-refractivity contribution < 1.29 is 22.0 Å². The Hall–Kier alpha value is -5.03. The number of anilines is 1. The van der Waals surface area contributed by atoms with Gasteiger partial charge in [-0.25, -0.2) is 17.8 Å². The summed E-state index contributed by atoms with van der Waals surface area (Å²) in [6.07, 6.45) is 6.55. The van der Waals surface area contributed by atoms with E-state index in [0.29, 0.717) is 40.0 Å². The number of nitrogens with zero attached hydrogens (tertiary/aromatic N) is 3. The topological polar surface area (TPSA) is 115 Å². The predicted octanol–water partition coefficient (Wildman–Crippen LogP) is 4.95. The molecule has 5 aromatic rings. The fourth-order valence-corrected chi connectivity index (χ4v) is 6.05. The van der Waals surface area contributed by atoms with E-state index in [1.165, 1.54) is 44.7 Å². The van der Waals surface area contributed by atoms with Gasteiger partial charge in [0.15, 0.2) is 0 Å². The number of carbonyl (C=O) groups is 1. The Morgan fingerprint density at radius 1 is 1.14 bits per heavy atom. The molecule has 0 bridgehead atoms. The zero-order valence-corrected chi connectivity index (χ0v) is 25.1. The van der Waals surface area contributed by atoms with E-state index in [0.717, 1.165) is 16.1 Å². The van der Waals surface area contributed by atoms with Gasteiger partial charge in [0.25, 0.3) is 11.5 Å². The molecule has 1 aliphatic rings. The zero-order chi connectivity index (χ0) is 31.2. The van der Waals surface area contributed by atoms with Crippen LogP contribution in [0.3, 0.4) is 0 Å². The number of nitrogens with one attached hydrogen (secondary N) is 1. The number of halogens is 1. The van der Waals surface area contributed by atoms with Crippen LogP contribution in [0.4, 0.5) is 10.1 Å². The standard InChI is InChI=1S/C33H29FN4O5S/c1-35-32(39)30-26-16-24(22-11-14-27-25(15-22)33(40)38(19-36-27)18-20-7-5-4-6-8-20)28(37(2)44(3,41)42)17-29(26)43-31(30)21-9-12-23(34)13-10-21/h4-14,16-17,19,22H,15,18H2,1-3H3,(H,35,39). The molecule has 2 aromatic heterocycles. The summed E-state index contributed by atoms with van der Waals surface area (Å²) >= 11 is 0. The molecular formula is C33H29FN4O5S. The van der Waals surface area contributed by atoms with Crippen molar-refractivity contribution in [3.05, 3.63) is 123 Å². The summed E-state index contributed by atoms with van der Waals surface area (Å²) in [6.45, 7) is 0.360. The molecule has 0 saturated heterocycles. The maximum Gasteiger partial charge on any atom is 0.257 e. The number of allylic oxidation sites excluding steroid dienone is 1. The smallest absolute Gasteiger partial charge is 0.257 e. The second kappa shape index (κ2) is 11.2. The van der Waals surface area contributed by atoms with Crippen LogP contribution in [0.2, 0.25) is 0 Å². The van der Waals surface area contributed by atoms with Gasteiger partial charge in [0.1, 0.15) is 17.2 Å². The molecule has 224 valence electrons. The van der Waals surface area contributed by atoms with E-state index < -0.39 is 27.7 Å². The third-order valence-electron chi connectivity index (χ3n) is 7.90. The summed E-state index contributed by atoms with van der Waals surface area (Å²) < 4.78 is 48.1. The number of benzene rings is 3. The van der Waals surface area contributed by atoms with Crippen molar-refractivity contribution in [1.29, 1.82) is 0 Å². The van der Waals surface area contributed by atoms with Crippen molar-refractivity contribution in [3.63, 3.8) is 0 Å². The number of carbonyl (C=O) groups excluding carboxylic acids is 1. The molecule has 0 radical (unpaired) electrons. The highest BCUT2D eigenvalue weighted by molar-refractivity contribution is 7.92. The second-order valence-electron chi connectivity index (χ2n) is 10.7. The minimum absolute atomic E-state index is 0.180. The first-order valence-corrected chi connectivity index (χ1v) is 15.7. The number of fused-ring (bicyclic) bond motifs is 2. The summed E-state index contributed by atoms with van der Waals surface area (Å²) in [7, 11) is -0.769. The van der Waals surface area contributed by atoms with Crippen LogP contribution in [0, 0.1) is 5.82 Å². The molecule has 6 rings (SSSR count). The molecule has 0 spiro atoms. The molecule has 1 aliphatic carbocycles. The van der Waals surface area contributed by atoms with Gasteiger partial charge >= 0.3 is 0 Å². The molecule has 0 fully saturated rings. The number of hydrogen-bond acceptors (Lipinski definition) is 6. The van der Waals surface area contributed by atoms with Crippen molar-refractivity contribution in [1.82, 2.24) is 14.9 Å². The van der Waals surface area contributed by atoms with Crippen LogP contribution in [0.1, 0.15) is 38.7 Å². The largest absolute Gasteiger partial charge is 0.455 e. The van der Waals surface area contributed by atoms with E-state index in [9.17, 15) is 22.4 Å². The lowest BCUT2D eigenvalue weighted by Crippen LogP contribution is -2.29. The van der Waals surface area contributed by atoms with E-state index in [-0.39, 0.29) is 28.9 Å². The predicted molar refractivity (Wildman–Crippen MR) is 168 cm³/mol. The van der Waals surface area contributed by atoms with E-state index in [1.807, 2.05) is 36.4 Å². The van der Waals surface area contributed by atoms with Gasteiger partial charge < -0.3 is 9.73 Å². The van der Waals surface area contributed by atoms with E-state index in [2.05, 4.69) is 10.3 Å². The molecule has 3 aromatic carbocycles. The Labute approximate surface area is 253 Å². The van der Waals surface area contributed by atoms with Gasteiger partial charge in [0, 0.05) is 42.6 Å². The Morgan fingerprint density at radius 2 is 1.86 bits per heavy atom. The first-order valence-electron chi connectivity index (χ1n) is 13.9. The summed E-state index contributed by atoms with van der Waals surface area (Å²) in [5, 5.41) is 3.10. The van der Waals surface area contributed by atoms with Crippen LogP contribution in [0.15, 0.2) is 88.3 Å². The highest BCUT2D eigenvalue weighted by Gasteiger charge is 2.29. The van der Waals surface area contributed by atoms with E-state index in [4.69, 9.17) is 4.42 Å². The van der Waals surface area contributed by atoms with Gasteiger partial charge in [-0.1, -0.05) is 36.4 Å². The molecular weight excluding hydrogens is 583 g/mol. The minimum Gasteiger partial charge on any atom is -0.455 e. The Kier molecular flexibility index (Phi) is 7.42. The zero-order valence-electron chi connectivity index (χ0n) is 24.2. The quantitative estimate of drug-likeness (QED) is 0.278. The van der Waals surface area contributed by atoms with Gasteiger partial charge in [0.2, 0.25) is 10.0 Å². The molecule has 9 nitrogen and oxygen atoms in total. The lowest BCUT2D eigenvalue weighted by molar-refractivity contribution is 0.0964. The molecule has 11 heteroatoms. The minimum atomic E-state index is -3.71. The molecule has 0 saturated carbocycles. The normalized spacial score (nSPS) is 14.4. The first kappa shape index (κ1) is 29.1. The summed E-state index contributed by atoms with van der Waals surface area (Å²) in [4.78, 5) is 31.4. The van der Waals surface area contributed by atoms with Gasteiger partial charge in [0.05, 0.1) is 36.1 Å². The maximum absolute atomic E-state index is 13.7. The average molecular weight is 613 g/mol. The van der Waals surface area contributed by atoms with Crippen LogP contribution >= 0.6 is 0 Å². The molecule has 1 N–H and O–H groups in total. The van der Waals surface area contributed by atoms with Crippen LogP contribution in [-0.4, -0.2) is 44.2 Å². The third-order valence-corrected chi connectivity index (χ3v) is 9.10. The van der Waals surface area contributed by atoms with Gasteiger partial charge in [-0.05, 0) is 54.0 Å². The van der Waals surface area contributed by atoms with Crippen LogP contribution in [0.25, 0.3) is 28.4 Å². The lowest BCUT2D eigenvalue weighted by atomic mass is 9.85. The van der Waals surface area contributed by atoms with Crippen LogP contribution in [0.5, 0.6) is 0 Å². The lowest BCUT2D eigenvalue weighted by Gasteiger charge is -2.26. The number of aromatic nitrogens is 2. The van der Waals surface area contributed by atoms with Crippen molar-refractivity contribution >= 4 is 38.7 Å². The number of hydrogen-bond donors (Lipinski definition) is 1. The highest BCUT2D eigenvalue weighted by atomic mass is 32.2. The number of furan rings is 1. The molecule has 2 heterocycles. The van der Waals surface area contributed by atoms with Gasteiger partial charge in [-0.15, -0.1) is 0 Å². The fraction of sp³-hybridized carbons (Fsp3) is 0.182. The van der Waals surface area contributed by atoms with E-state index >= 15 is 0 Å². The third kappa shape index (κ3) is 5.30. The summed E-state index contributed by atoms with van der Waals surface area (Å²) in [5.74, 6) is -1.06. The number of sulfonamides is 1. The molecule has 1 unspecified atom stereocenters. The number of rotatable bonds is 7.